The van der Waals surface area contributed by atoms with Gasteiger partial charge < -0.3 is 10.0 Å². The number of phenols is 1. The zero-order chi connectivity index (χ0) is 16.4. The predicted octanol–water partition coefficient (Wildman–Crippen LogP) is 4.33. The highest BCUT2D eigenvalue weighted by molar-refractivity contribution is 6.32. The fourth-order valence-corrected chi connectivity index (χ4v) is 4.99. The Balaban J connectivity index is 2.01. The summed E-state index contributed by atoms with van der Waals surface area (Å²) in [5.41, 5.74) is 5.38. The van der Waals surface area contributed by atoms with Gasteiger partial charge in [0.05, 0.1) is 5.02 Å². The molecule has 1 aliphatic carbocycles. The lowest BCUT2D eigenvalue weighted by molar-refractivity contribution is 0.173. The van der Waals surface area contributed by atoms with Crippen LogP contribution < -0.4 is 0 Å². The van der Waals surface area contributed by atoms with Crippen molar-refractivity contribution < 1.29 is 5.11 Å². The van der Waals surface area contributed by atoms with Gasteiger partial charge in [-0.25, -0.2) is 0 Å². The number of rotatable bonds is 0. The molecule has 4 rings (SSSR count). The van der Waals surface area contributed by atoms with Crippen molar-refractivity contribution in [3.05, 3.63) is 63.7 Å². The fraction of sp³-hybridized carbons (Fsp3) is 0.400. The SMILES string of the molecule is CN1CCc2cc(Cl)c(O)cc2[C@H]2c3ccccc3C(C)(C)[C@@H]21. The van der Waals surface area contributed by atoms with Crippen LogP contribution in [-0.2, 0) is 11.8 Å². The molecule has 0 aromatic heterocycles. The van der Waals surface area contributed by atoms with Crippen LogP contribution in [0.1, 0.15) is 42.0 Å². The molecule has 2 aliphatic rings. The summed E-state index contributed by atoms with van der Waals surface area (Å²) in [4.78, 5) is 2.48. The number of phenolic OH excluding ortho intramolecular Hbond substituents is 1. The summed E-state index contributed by atoms with van der Waals surface area (Å²) in [5.74, 6) is 0.475. The van der Waals surface area contributed by atoms with E-state index in [4.69, 9.17) is 11.6 Å². The molecule has 2 aromatic carbocycles. The largest absolute Gasteiger partial charge is 0.506 e. The van der Waals surface area contributed by atoms with Gasteiger partial charge in [-0.3, -0.25) is 0 Å². The molecule has 0 radical (unpaired) electrons. The van der Waals surface area contributed by atoms with E-state index in [9.17, 15) is 5.11 Å². The van der Waals surface area contributed by atoms with Crippen LogP contribution in [0.2, 0.25) is 5.02 Å². The van der Waals surface area contributed by atoms with E-state index in [2.05, 4.69) is 50.1 Å². The molecule has 2 aromatic rings. The van der Waals surface area contributed by atoms with Gasteiger partial charge in [0.2, 0.25) is 0 Å². The van der Waals surface area contributed by atoms with Crippen LogP contribution in [0.5, 0.6) is 5.75 Å². The van der Waals surface area contributed by atoms with E-state index >= 15 is 0 Å². The Hall–Kier alpha value is -1.51. The molecular weight excluding hydrogens is 306 g/mol. The maximum Gasteiger partial charge on any atom is 0.134 e. The van der Waals surface area contributed by atoms with Gasteiger partial charge in [-0.1, -0.05) is 49.7 Å². The van der Waals surface area contributed by atoms with Crippen molar-refractivity contribution in [1.82, 2.24) is 4.90 Å². The first kappa shape index (κ1) is 15.0. The van der Waals surface area contributed by atoms with Crippen molar-refractivity contribution in [2.24, 2.45) is 0 Å². The van der Waals surface area contributed by atoms with Crippen molar-refractivity contribution in [2.75, 3.05) is 13.6 Å². The average molecular weight is 328 g/mol. The molecule has 0 saturated carbocycles. The topological polar surface area (TPSA) is 23.5 Å². The number of benzene rings is 2. The minimum absolute atomic E-state index is 0.0763. The molecule has 2 atom stereocenters. The second-order valence-electron chi connectivity index (χ2n) is 7.46. The van der Waals surface area contributed by atoms with Gasteiger partial charge in [0, 0.05) is 23.9 Å². The predicted molar refractivity (Wildman–Crippen MR) is 94.5 cm³/mol. The van der Waals surface area contributed by atoms with E-state index < -0.39 is 0 Å². The number of hydrogen-bond donors (Lipinski definition) is 1. The first-order chi connectivity index (χ1) is 10.9. The molecule has 0 bridgehead atoms. The van der Waals surface area contributed by atoms with Crippen LogP contribution in [0, 0.1) is 0 Å². The standard InChI is InChI=1S/C20H22ClNO/c1-20(2)15-7-5-4-6-13(15)18-14-11-17(23)16(21)10-12(14)8-9-22(3)19(18)20/h4-7,10-11,18-19,23H,8-9H2,1-3H3/t18-,19-/m1/s1. The number of fused-ring (bicyclic) bond motifs is 5. The van der Waals surface area contributed by atoms with Gasteiger partial charge in [-0.15, -0.1) is 0 Å². The molecule has 0 unspecified atom stereocenters. The lowest BCUT2D eigenvalue weighted by atomic mass is 9.79. The van der Waals surface area contributed by atoms with Crippen LogP contribution in [0.25, 0.3) is 0 Å². The molecule has 0 spiro atoms. The van der Waals surface area contributed by atoms with Gasteiger partial charge in [0.15, 0.2) is 0 Å². The lowest BCUT2D eigenvalue weighted by Gasteiger charge is -2.37. The van der Waals surface area contributed by atoms with Crippen LogP contribution in [-0.4, -0.2) is 29.6 Å². The highest BCUT2D eigenvalue weighted by Gasteiger charge is 2.49. The highest BCUT2D eigenvalue weighted by Crippen LogP contribution is 2.53. The van der Waals surface area contributed by atoms with E-state index in [-0.39, 0.29) is 17.1 Å². The number of nitrogens with zero attached hydrogens (tertiary/aromatic N) is 1. The Labute approximate surface area is 142 Å². The van der Waals surface area contributed by atoms with E-state index in [0.717, 1.165) is 13.0 Å². The minimum atomic E-state index is 0.0763. The summed E-state index contributed by atoms with van der Waals surface area (Å²) in [5, 5.41) is 10.6. The van der Waals surface area contributed by atoms with Gasteiger partial charge >= 0.3 is 0 Å². The normalized spacial score (nSPS) is 25.4. The van der Waals surface area contributed by atoms with E-state index in [1.165, 1.54) is 22.3 Å². The Morgan fingerprint density at radius 1 is 1.17 bits per heavy atom. The fourth-order valence-electron chi connectivity index (χ4n) is 4.81. The van der Waals surface area contributed by atoms with Crippen molar-refractivity contribution >= 4 is 11.6 Å². The van der Waals surface area contributed by atoms with E-state index in [1.807, 2.05) is 12.1 Å². The van der Waals surface area contributed by atoms with Crippen LogP contribution in [0.15, 0.2) is 36.4 Å². The summed E-state index contributed by atoms with van der Waals surface area (Å²) in [6.07, 6.45) is 0.969. The molecular formula is C20H22ClNO. The first-order valence-corrected chi connectivity index (χ1v) is 8.60. The molecule has 0 fully saturated rings. The third-order valence-corrected chi connectivity index (χ3v) is 6.10. The van der Waals surface area contributed by atoms with Crippen molar-refractivity contribution in [3.63, 3.8) is 0 Å². The van der Waals surface area contributed by atoms with Crippen molar-refractivity contribution in [1.29, 1.82) is 0 Å². The highest BCUT2D eigenvalue weighted by atomic mass is 35.5. The van der Waals surface area contributed by atoms with E-state index in [0.29, 0.717) is 11.1 Å². The van der Waals surface area contributed by atoms with Crippen LogP contribution >= 0.6 is 11.6 Å². The third kappa shape index (κ3) is 2.05. The van der Waals surface area contributed by atoms with Gasteiger partial charge in [0.25, 0.3) is 0 Å². The summed E-state index contributed by atoms with van der Waals surface area (Å²) in [7, 11) is 2.22. The summed E-state index contributed by atoms with van der Waals surface area (Å²) in [6.45, 7) is 5.69. The third-order valence-electron chi connectivity index (χ3n) is 5.80. The minimum Gasteiger partial charge on any atom is -0.506 e. The number of aromatic hydroxyl groups is 1. The molecule has 0 amide bonds. The summed E-state index contributed by atoms with van der Waals surface area (Å²) < 4.78 is 0. The molecule has 120 valence electrons. The van der Waals surface area contributed by atoms with Crippen LogP contribution in [0.3, 0.4) is 0 Å². The molecule has 1 aliphatic heterocycles. The van der Waals surface area contributed by atoms with Gasteiger partial charge in [-0.05, 0) is 47.9 Å². The van der Waals surface area contributed by atoms with Gasteiger partial charge in [0.1, 0.15) is 5.75 Å². The molecule has 0 saturated heterocycles. The number of halogens is 1. The monoisotopic (exact) mass is 327 g/mol. The molecule has 1 heterocycles. The Morgan fingerprint density at radius 3 is 2.70 bits per heavy atom. The number of likely N-dealkylation sites (N-methyl/N-ethyl adjacent to an activating group) is 1. The lowest BCUT2D eigenvalue weighted by Crippen LogP contribution is -2.45. The van der Waals surface area contributed by atoms with Crippen LogP contribution in [0.4, 0.5) is 0 Å². The smallest absolute Gasteiger partial charge is 0.134 e. The first-order valence-electron chi connectivity index (χ1n) is 8.22. The average Bonchev–Trinajstić information content (AvgIpc) is 2.66. The number of hydrogen-bond acceptors (Lipinski definition) is 2. The molecule has 3 heteroatoms. The maximum atomic E-state index is 10.2. The second-order valence-corrected chi connectivity index (χ2v) is 7.87. The van der Waals surface area contributed by atoms with Crippen molar-refractivity contribution in [2.45, 2.75) is 37.6 Å². The Bertz CT molecular complexity index is 783. The molecule has 2 nitrogen and oxygen atoms in total. The molecule has 23 heavy (non-hydrogen) atoms. The van der Waals surface area contributed by atoms with E-state index in [1.54, 1.807) is 0 Å². The summed E-state index contributed by atoms with van der Waals surface area (Å²) in [6, 6.07) is 13.0. The summed E-state index contributed by atoms with van der Waals surface area (Å²) >= 11 is 6.17. The molecule has 1 N–H and O–H groups in total. The van der Waals surface area contributed by atoms with Gasteiger partial charge in [-0.2, -0.15) is 0 Å². The zero-order valence-corrected chi connectivity index (χ0v) is 14.6. The second kappa shape index (κ2) is 4.99. The zero-order valence-electron chi connectivity index (χ0n) is 13.8. The van der Waals surface area contributed by atoms with Crippen molar-refractivity contribution in [3.8, 4) is 5.75 Å². The maximum absolute atomic E-state index is 10.2. The quantitative estimate of drug-likeness (QED) is 0.778. The Morgan fingerprint density at radius 2 is 1.91 bits per heavy atom. The Kier molecular flexibility index (Phi) is 3.26.